The highest BCUT2D eigenvalue weighted by Gasteiger charge is 1.99. The van der Waals surface area contributed by atoms with Crippen molar-refractivity contribution in [3.8, 4) is 0 Å². The van der Waals surface area contributed by atoms with Crippen molar-refractivity contribution in [3.05, 3.63) is 0 Å². The third-order valence-electron chi connectivity index (χ3n) is 1.88. The Morgan fingerprint density at radius 3 is 2.00 bits per heavy atom. The first-order chi connectivity index (χ1) is 5.35. The molecule has 0 heterocycles. The summed E-state index contributed by atoms with van der Waals surface area (Å²) < 4.78 is 0. The van der Waals surface area contributed by atoms with E-state index in [1.165, 1.54) is 25.7 Å². The molecule has 0 amide bonds. The van der Waals surface area contributed by atoms with Crippen molar-refractivity contribution in [2.24, 2.45) is 5.92 Å². The lowest BCUT2D eigenvalue weighted by Crippen LogP contribution is -1.96. The Morgan fingerprint density at radius 1 is 1.18 bits per heavy atom. The van der Waals surface area contributed by atoms with Gasteiger partial charge >= 0.3 is 0 Å². The van der Waals surface area contributed by atoms with Crippen molar-refractivity contribution < 1.29 is 0 Å². The fourth-order valence-electron chi connectivity index (χ4n) is 0.981. The van der Waals surface area contributed by atoms with Gasteiger partial charge in [0.2, 0.25) is 0 Å². The van der Waals surface area contributed by atoms with Gasteiger partial charge < -0.3 is 0 Å². The topological polar surface area (TPSA) is 0 Å². The van der Waals surface area contributed by atoms with Crippen molar-refractivity contribution in [1.82, 2.24) is 0 Å². The Balaban J connectivity index is 0. The van der Waals surface area contributed by atoms with Gasteiger partial charge in [-0.25, -0.2) is 0 Å². The second-order valence-electron chi connectivity index (χ2n) is 2.65. The fourth-order valence-corrected chi connectivity index (χ4v) is 0.981. The Kier molecular flexibility index (Phi) is 15.8. The van der Waals surface area contributed by atoms with Gasteiger partial charge in [0.05, 0.1) is 7.85 Å². The number of hydrogen-bond acceptors (Lipinski definition) is 0. The largest absolute Gasteiger partial charge is 0.0859 e. The zero-order valence-corrected chi connectivity index (χ0v) is 8.69. The number of hydrogen-bond donors (Lipinski definition) is 0. The molecule has 0 nitrogen and oxygen atoms in total. The normalized spacial score (nSPS) is 11.6. The lowest BCUT2D eigenvalue weighted by molar-refractivity contribution is 0.492. The molecule has 0 aromatic carbocycles. The van der Waals surface area contributed by atoms with Gasteiger partial charge in [0.15, 0.2) is 0 Å². The van der Waals surface area contributed by atoms with Crippen LogP contribution in [-0.2, 0) is 0 Å². The fraction of sp³-hybridized carbons (Fsp3) is 1.00. The van der Waals surface area contributed by atoms with Crippen LogP contribution in [0.4, 0.5) is 0 Å². The monoisotopic (exact) mass is 154 g/mol. The minimum absolute atomic E-state index is 0.782. The van der Waals surface area contributed by atoms with Gasteiger partial charge in [0.1, 0.15) is 0 Å². The maximum Gasteiger partial charge on any atom is 0.0656 e. The van der Waals surface area contributed by atoms with Crippen molar-refractivity contribution in [2.45, 2.75) is 59.7 Å². The van der Waals surface area contributed by atoms with Crippen LogP contribution in [0.1, 0.15) is 53.4 Å². The highest BCUT2D eigenvalue weighted by atomic mass is 14.0. The standard InChI is InChI=1S/C8H17B.C2H6/c1-3-5-6-8(4-2)7-9;1-2/h8H,3-7H2,1-2H3;1-2H3. The molecule has 0 spiro atoms. The average Bonchev–Trinajstić information content (AvgIpc) is 2.10. The number of rotatable bonds is 5. The Hall–Kier alpha value is 0.0649. The summed E-state index contributed by atoms with van der Waals surface area (Å²) in [7, 11) is 5.52. The highest BCUT2D eigenvalue weighted by molar-refractivity contribution is 6.08. The second-order valence-corrected chi connectivity index (χ2v) is 2.65. The molecular weight excluding hydrogens is 131 g/mol. The van der Waals surface area contributed by atoms with Crippen LogP contribution >= 0.6 is 0 Å². The average molecular weight is 154 g/mol. The van der Waals surface area contributed by atoms with Gasteiger partial charge in [-0.15, -0.1) is 0 Å². The van der Waals surface area contributed by atoms with Crippen molar-refractivity contribution >= 4 is 7.85 Å². The van der Waals surface area contributed by atoms with Crippen LogP contribution in [0, 0.1) is 5.92 Å². The van der Waals surface area contributed by atoms with E-state index in [-0.39, 0.29) is 0 Å². The van der Waals surface area contributed by atoms with Crippen LogP contribution in [0.3, 0.4) is 0 Å². The summed E-state index contributed by atoms with van der Waals surface area (Å²) >= 11 is 0. The first-order valence-electron chi connectivity index (χ1n) is 5.05. The van der Waals surface area contributed by atoms with Crippen LogP contribution in [0.15, 0.2) is 0 Å². The molecule has 0 fully saturated rings. The zero-order chi connectivity index (χ0) is 9.11. The van der Waals surface area contributed by atoms with E-state index in [1.807, 2.05) is 13.8 Å². The molecule has 66 valence electrons. The highest BCUT2D eigenvalue weighted by Crippen LogP contribution is 2.14. The third-order valence-corrected chi connectivity index (χ3v) is 1.88. The maximum atomic E-state index is 5.52. The molecule has 11 heavy (non-hydrogen) atoms. The molecule has 0 aliphatic heterocycles. The second kappa shape index (κ2) is 12.7. The van der Waals surface area contributed by atoms with Crippen LogP contribution in [0.25, 0.3) is 0 Å². The molecule has 2 radical (unpaired) electrons. The van der Waals surface area contributed by atoms with Gasteiger partial charge in [-0.05, 0) is 5.92 Å². The van der Waals surface area contributed by atoms with Gasteiger partial charge in [-0.3, -0.25) is 0 Å². The van der Waals surface area contributed by atoms with E-state index in [1.54, 1.807) is 0 Å². The molecule has 0 N–H and O–H groups in total. The molecule has 1 atom stereocenters. The van der Waals surface area contributed by atoms with Crippen LogP contribution in [0.5, 0.6) is 0 Å². The summed E-state index contributed by atoms with van der Waals surface area (Å²) in [6, 6.07) is 0. The van der Waals surface area contributed by atoms with E-state index >= 15 is 0 Å². The van der Waals surface area contributed by atoms with E-state index < -0.39 is 0 Å². The molecule has 1 unspecified atom stereocenters. The van der Waals surface area contributed by atoms with Crippen molar-refractivity contribution in [3.63, 3.8) is 0 Å². The molecule has 1 heteroatoms. The molecule has 0 rings (SSSR count). The first kappa shape index (κ1) is 13.6. The minimum atomic E-state index is 0.782. The summed E-state index contributed by atoms with van der Waals surface area (Å²) in [6.07, 6.45) is 6.09. The van der Waals surface area contributed by atoms with E-state index in [4.69, 9.17) is 7.85 Å². The molecule has 0 aliphatic carbocycles. The lowest BCUT2D eigenvalue weighted by atomic mass is 9.86. The van der Waals surface area contributed by atoms with Crippen LogP contribution < -0.4 is 0 Å². The lowest BCUT2D eigenvalue weighted by Gasteiger charge is -2.09. The molecular formula is C10H23B. The Bertz CT molecular complexity index is 48.8. The smallest absolute Gasteiger partial charge is 0.0656 e. The summed E-state index contributed by atoms with van der Waals surface area (Å²) in [5.41, 5.74) is 0. The minimum Gasteiger partial charge on any atom is -0.0859 e. The Morgan fingerprint density at radius 2 is 1.73 bits per heavy atom. The molecule has 0 bridgehead atoms. The van der Waals surface area contributed by atoms with Gasteiger partial charge in [0.25, 0.3) is 0 Å². The molecule has 0 aromatic heterocycles. The third kappa shape index (κ3) is 10.1. The van der Waals surface area contributed by atoms with E-state index in [0.717, 1.165) is 12.2 Å². The van der Waals surface area contributed by atoms with Crippen LogP contribution in [-0.4, -0.2) is 7.85 Å². The maximum absolute atomic E-state index is 5.52. The van der Waals surface area contributed by atoms with E-state index in [9.17, 15) is 0 Å². The van der Waals surface area contributed by atoms with Gasteiger partial charge in [0, 0.05) is 0 Å². The summed E-state index contributed by atoms with van der Waals surface area (Å²) in [5.74, 6) is 0.782. The van der Waals surface area contributed by atoms with E-state index in [0.29, 0.717) is 0 Å². The first-order valence-corrected chi connectivity index (χ1v) is 5.05. The van der Waals surface area contributed by atoms with Crippen molar-refractivity contribution in [2.75, 3.05) is 0 Å². The SMILES string of the molecule is CC.[B]CC(CC)CCCC. The molecule has 0 saturated carbocycles. The Labute approximate surface area is 74.2 Å². The van der Waals surface area contributed by atoms with Crippen LogP contribution in [0.2, 0.25) is 6.32 Å². The number of unbranched alkanes of at least 4 members (excludes halogenated alkanes) is 1. The molecule has 0 saturated heterocycles. The van der Waals surface area contributed by atoms with E-state index in [2.05, 4.69) is 13.8 Å². The zero-order valence-electron chi connectivity index (χ0n) is 8.69. The quantitative estimate of drug-likeness (QED) is 0.528. The summed E-state index contributed by atoms with van der Waals surface area (Å²) in [6.45, 7) is 8.44. The van der Waals surface area contributed by atoms with Crippen molar-refractivity contribution in [1.29, 1.82) is 0 Å². The van der Waals surface area contributed by atoms with Gasteiger partial charge in [-0.1, -0.05) is 59.7 Å². The summed E-state index contributed by atoms with van der Waals surface area (Å²) in [4.78, 5) is 0. The van der Waals surface area contributed by atoms with Gasteiger partial charge in [-0.2, -0.15) is 0 Å². The predicted octanol–water partition coefficient (Wildman–Crippen LogP) is 3.82. The summed E-state index contributed by atoms with van der Waals surface area (Å²) in [5, 5.41) is 0. The predicted molar refractivity (Wildman–Crippen MR) is 55.2 cm³/mol. The molecule has 0 aromatic rings. The molecule has 0 aliphatic rings.